The van der Waals surface area contributed by atoms with E-state index in [1.165, 1.54) is 0 Å². The third-order valence-electron chi connectivity index (χ3n) is 4.14. The van der Waals surface area contributed by atoms with E-state index in [0.717, 1.165) is 32.2 Å². The number of carbonyl (C=O) groups excluding carboxylic acids is 1. The molecule has 0 spiro atoms. The molecule has 1 atom stereocenters. The number of hydrogen-bond donors (Lipinski definition) is 2. The first-order chi connectivity index (χ1) is 9.63. The van der Waals surface area contributed by atoms with Crippen molar-refractivity contribution in [1.29, 1.82) is 0 Å². The Morgan fingerprint density at radius 1 is 1.25 bits per heavy atom. The van der Waals surface area contributed by atoms with E-state index < -0.39 is 5.97 Å². The molecule has 0 bridgehead atoms. The number of piperidine rings is 1. The van der Waals surface area contributed by atoms with Crippen LogP contribution in [0.5, 0.6) is 0 Å². The SMILES string of the molecule is C#CCNC(=O)N1CCC(N2CCCC2C(=O)O)CC1. The molecule has 1 unspecified atom stereocenters. The van der Waals surface area contributed by atoms with Crippen LogP contribution in [0.3, 0.4) is 0 Å². The summed E-state index contributed by atoms with van der Waals surface area (Å²) in [4.78, 5) is 26.8. The van der Waals surface area contributed by atoms with Gasteiger partial charge in [-0.1, -0.05) is 5.92 Å². The van der Waals surface area contributed by atoms with E-state index in [-0.39, 0.29) is 24.7 Å². The van der Waals surface area contributed by atoms with Crippen LogP contribution in [0.1, 0.15) is 25.7 Å². The first-order valence-corrected chi connectivity index (χ1v) is 7.08. The number of carboxylic acids is 1. The molecule has 6 heteroatoms. The average Bonchev–Trinajstić information content (AvgIpc) is 2.94. The molecule has 2 N–H and O–H groups in total. The molecule has 0 aromatic rings. The number of terminal acetylenes is 1. The molecule has 6 nitrogen and oxygen atoms in total. The number of aliphatic carboxylic acids is 1. The summed E-state index contributed by atoms with van der Waals surface area (Å²) in [6, 6.07) is -0.199. The summed E-state index contributed by atoms with van der Waals surface area (Å²) < 4.78 is 0. The largest absolute Gasteiger partial charge is 0.480 e. The Kier molecular flexibility index (Phi) is 4.85. The zero-order valence-corrected chi connectivity index (χ0v) is 11.5. The van der Waals surface area contributed by atoms with Crippen molar-refractivity contribution in [3.63, 3.8) is 0 Å². The van der Waals surface area contributed by atoms with Crippen LogP contribution in [0.15, 0.2) is 0 Å². The quantitative estimate of drug-likeness (QED) is 0.731. The Morgan fingerprint density at radius 2 is 1.95 bits per heavy atom. The molecule has 2 saturated heterocycles. The van der Waals surface area contributed by atoms with Crippen molar-refractivity contribution in [2.45, 2.75) is 37.8 Å². The van der Waals surface area contributed by atoms with Crippen LogP contribution >= 0.6 is 0 Å². The van der Waals surface area contributed by atoms with Gasteiger partial charge in [-0.2, -0.15) is 0 Å². The first-order valence-electron chi connectivity index (χ1n) is 7.08. The fraction of sp³-hybridized carbons (Fsp3) is 0.714. The van der Waals surface area contributed by atoms with Crippen LogP contribution in [0.2, 0.25) is 0 Å². The van der Waals surface area contributed by atoms with Crippen molar-refractivity contribution in [2.24, 2.45) is 0 Å². The van der Waals surface area contributed by atoms with Gasteiger partial charge in [0.2, 0.25) is 0 Å². The fourth-order valence-corrected chi connectivity index (χ4v) is 3.13. The Labute approximate surface area is 119 Å². The molecule has 110 valence electrons. The molecule has 2 aliphatic rings. The third-order valence-corrected chi connectivity index (χ3v) is 4.14. The maximum absolute atomic E-state index is 11.8. The van der Waals surface area contributed by atoms with E-state index in [2.05, 4.69) is 16.1 Å². The summed E-state index contributed by atoms with van der Waals surface area (Å²) in [6.45, 7) is 2.41. The lowest BCUT2D eigenvalue weighted by atomic mass is 10.0. The van der Waals surface area contributed by atoms with Crippen LogP contribution in [0.25, 0.3) is 0 Å². The van der Waals surface area contributed by atoms with Gasteiger partial charge in [0.1, 0.15) is 6.04 Å². The number of amides is 2. The van der Waals surface area contributed by atoms with E-state index in [1.54, 1.807) is 4.90 Å². The van der Waals surface area contributed by atoms with Gasteiger partial charge in [0.05, 0.1) is 6.54 Å². The number of likely N-dealkylation sites (tertiary alicyclic amines) is 2. The van der Waals surface area contributed by atoms with E-state index in [9.17, 15) is 14.7 Å². The number of carbonyl (C=O) groups is 2. The highest BCUT2D eigenvalue weighted by Gasteiger charge is 2.37. The number of urea groups is 1. The second-order valence-corrected chi connectivity index (χ2v) is 5.32. The molecule has 0 radical (unpaired) electrons. The number of nitrogens with one attached hydrogen (secondary N) is 1. The minimum Gasteiger partial charge on any atom is -0.480 e. The molecule has 2 heterocycles. The van der Waals surface area contributed by atoms with Gasteiger partial charge in [-0.3, -0.25) is 9.69 Å². The zero-order valence-electron chi connectivity index (χ0n) is 11.5. The number of nitrogens with zero attached hydrogens (tertiary/aromatic N) is 2. The predicted molar refractivity (Wildman–Crippen MR) is 74.2 cm³/mol. The average molecular weight is 279 g/mol. The second-order valence-electron chi connectivity index (χ2n) is 5.32. The molecule has 20 heavy (non-hydrogen) atoms. The van der Waals surface area contributed by atoms with Crippen LogP contribution in [0, 0.1) is 12.3 Å². The molecular formula is C14H21N3O3. The van der Waals surface area contributed by atoms with E-state index in [0.29, 0.717) is 13.1 Å². The Balaban J connectivity index is 1.83. The summed E-state index contributed by atoms with van der Waals surface area (Å²) in [6.07, 6.45) is 8.44. The molecule has 0 saturated carbocycles. The lowest BCUT2D eigenvalue weighted by Gasteiger charge is -2.38. The van der Waals surface area contributed by atoms with Crippen LogP contribution in [-0.4, -0.2) is 65.2 Å². The van der Waals surface area contributed by atoms with Crippen molar-refractivity contribution >= 4 is 12.0 Å². The van der Waals surface area contributed by atoms with E-state index >= 15 is 0 Å². The normalized spacial score (nSPS) is 24.4. The lowest BCUT2D eigenvalue weighted by molar-refractivity contribution is -0.143. The maximum Gasteiger partial charge on any atom is 0.320 e. The van der Waals surface area contributed by atoms with Gasteiger partial charge in [0.15, 0.2) is 0 Å². The molecular weight excluding hydrogens is 258 g/mol. The van der Waals surface area contributed by atoms with Crippen molar-refractivity contribution in [3.05, 3.63) is 0 Å². The van der Waals surface area contributed by atoms with Gasteiger partial charge in [0, 0.05) is 19.1 Å². The minimum atomic E-state index is -0.725. The van der Waals surface area contributed by atoms with Gasteiger partial charge in [0.25, 0.3) is 0 Å². The maximum atomic E-state index is 11.8. The van der Waals surface area contributed by atoms with Crippen molar-refractivity contribution in [2.75, 3.05) is 26.2 Å². The first kappa shape index (κ1) is 14.7. The summed E-state index contributed by atoms with van der Waals surface area (Å²) in [5.41, 5.74) is 0. The van der Waals surface area contributed by atoms with E-state index in [1.807, 2.05) is 0 Å². The lowest BCUT2D eigenvalue weighted by Crippen LogP contribution is -2.51. The van der Waals surface area contributed by atoms with Gasteiger partial charge in [-0.05, 0) is 32.2 Å². The number of carboxylic acid groups (broad SMARTS) is 1. The standard InChI is InChI=1S/C14H21N3O3/c1-2-7-15-14(20)16-9-5-11(6-10-16)17-8-3-4-12(17)13(18)19/h1,11-12H,3-10H2,(H,15,20)(H,18,19). The zero-order chi connectivity index (χ0) is 14.5. The smallest absolute Gasteiger partial charge is 0.320 e. The summed E-state index contributed by atoms with van der Waals surface area (Å²) in [5, 5.41) is 11.9. The topological polar surface area (TPSA) is 72.9 Å². The van der Waals surface area contributed by atoms with Crippen LogP contribution in [0.4, 0.5) is 4.79 Å². The molecule has 2 rings (SSSR count). The van der Waals surface area contributed by atoms with Gasteiger partial charge in [-0.25, -0.2) is 4.79 Å². The van der Waals surface area contributed by atoms with E-state index in [4.69, 9.17) is 6.42 Å². The molecule has 2 fully saturated rings. The van der Waals surface area contributed by atoms with Crippen molar-refractivity contribution < 1.29 is 14.7 Å². The van der Waals surface area contributed by atoms with Gasteiger partial charge < -0.3 is 15.3 Å². The second kappa shape index (κ2) is 6.62. The Hall–Kier alpha value is -1.74. The molecule has 0 aromatic carbocycles. The monoisotopic (exact) mass is 279 g/mol. The molecule has 0 aliphatic carbocycles. The Bertz CT molecular complexity index is 410. The highest BCUT2D eigenvalue weighted by atomic mass is 16.4. The highest BCUT2D eigenvalue weighted by Crippen LogP contribution is 2.26. The van der Waals surface area contributed by atoms with Crippen molar-refractivity contribution in [1.82, 2.24) is 15.1 Å². The summed E-state index contributed by atoms with van der Waals surface area (Å²) >= 11 is 0. The third kappa shape index (κ3) is 3.23. The van der Waals surface area contributed by atoms with Gasteiger partial charge >= 0.3 is 12.0 Å². The van der Waals surface area contributed by atoms with Crippen LogP contribution in [-0.2, 0) is 4.79 Å². The molecule has 0 aromatic heterocycles. The molecule has 2 aliphatic heterocycles. The van der Waals surface area contributed by atoms with Gasteiger partial charge in [-0.15, -0.1) is 6.42 Å². The number of hydrogen-bond acceptors (Lipinski definition) is 3. The summed E-state index contributed by atoms with van der Waals surface area (Å²) in [5.74, 6) is 1.65. The summed E-state index contributed by atoms with van der Waals surface area (Å²) in [7, 11) is 0. The highest BCUT2D eigenvalue weighted by molar-refractivity contribution is 5.75. The predicted octanol–water partition coefficient (Wildman–Crippen LogP) is 0.343. The Morgan fingerprint density at radius 3 is 2.55 bits per heavy atom. The number of rotatable bonds is 3. The van der Waals surface area contributed by atoms with Crippen LogP contribution < -0.4 is 5.32 Å². The minimum absolute atomic E-state index is 0.127. The molecule has 2 amide bonds. The fourth-order valence-electron chi connectivity index (χ4n) is 3.13. The van der Waals surface area contributed by atoms with Crippen molar-refractivity contribution in [3.8, 4) is 12.3 Å².